The minimum atomic E-state index is -1.05. The maximum absolute atomic E-state index is 13.2. The molecule has 1 aliphatic heterocycles. The van der Waals surface area contributed by atoms with Gasteiger partial charge in [0.15, 0.2) is 23.2 Å². The molecule has 2 atom stereocenters. The molecule has 2 aliphatic rings. The highest BCUT2D eigenvalue weighted by molar-refractivity contribution is 6.10. The van der Waals surface area contributed by atoms with Crippen LogP contribution in [0.3, 0.4) is 0 Å². The van der Waals surface area contributed by atoms with Crippen molar-refractivity contribution in [1.29, 1.82) is 0 Å². The SMILES string of the molecule is CCOC(=O)C1C(=O)C=C(c2c([O-])on[n+]2-c2ccccc2)CC1c1ccc2c(c1)OCO2. The normalized spacial score (nSPS) is 19.3. The summed E-state index contributed by atoms with van der Waals surface area (Å²) in [4.78, 5) is 25.9. The summed E-state index contributed by atoms with van der Waals surface area (Å²) >= 11 is 0. The molecule has 2 unspecified atom stereocenters. The fourth-order valence-electron chi connectivity index (χ4n) is 4.27. The summed E-state index contributed by atoms with van der Waals surface area (Å²) < 4.78 is 22.3. The number of aromatic nitrogens is 2. The van der Waals surface area contributed by atoms with Gasteiger partial charge < -0.3 is 23.8 Å². The number of hydrogen-bond acceptors (Lipinski definition) is 8. The second kappa shape index (κ2) is 8.42. The highest BCUT2D eigenvalue weighted by Crippen LogP contribution is 2.44. The smallest absolute Gasteiger partial charge is 0.317 e. The van der Waals surface area contributed by atoms with Crippen LogP contribution in [0.4, 0.5) is 0 Å². The standard InChI is InChI=1S/C24H20N2O7/c1-2-30-23(28)21-17(14-8-9-19-20(12-14)32-13-31-19)10-15(11-18(21)27)22-24(29)33-25-26(22)16-6-4-3-5-7-16/h3-9,11-12,17,21H,2,10,13H2,1H3. The van der Waals surface area contributed by atoms with Crippen LogP contribution in [-0.4, -0.2) is 30.4 Å². The maximum atomic E-state index is 13.2. The molecule has 1 aliphatic carbocycles. The van der Waals surface area contributed by atoms with Gasteiger partial charge in [-0.05, 0) is 41.8 Å². The quantitative estimate of drug-likeness (QED) is 0.331. The first-order valence-electron chi connectivity index (χ1n) is 10.5. The van der Waals surface area contributed by atoms with Crippen LogP contribution < -0.4 is 19.3 Å². The first-order chi connectivity index (χ1) is 16.1. The van der Waals surface area contributed by atoms with Crippen LogP contribution in [0.25, 0.3) is 11.3 Å². The molecule has 0 radical (unpaired) electrons. The molecule has 9 heteroatoms. The third kappa shape index (κ3) is 3.71. The Hall–Kier alpha value is -4.14. The second-order valence-electron chi connectivity index (χ2n) is 7.68. The second-order valence-corrected chi connectivity index (χ2v) is 7.68. The van der Waals surface area contributed by atoms with Gasteiger partial charge in [0, 0.05) is 23.6 Å². The fourth-order valence-corrected chi connectivity index (χ4v) is 4.27. The van der Waals surface area contributed by atoms with Crippen molar-refractivity contribution in [2.45, 2.75) is 19.3 Å². The molecule has 0 saturated heterocycles. The van der Waals surface area contributed by atoms with Gasteiger partial charge in [-0.3, -0.25) is 9.59 Å². The fraction of sp³-hybridized carbons (Fsp3) is 0.250. The molecular weight excluding hydrogens is 428 g/mol. The minimum absolute atomic E-state index is 0.103. The molecule has 0 fully saturated rings. The van der Waals surface area contributed by atoms with Crippen LogP contribution >= 0.6 is 0 Å². The van der Waals surface area contributed by atoms with Gasteiger partial charge in [-0.15, -0.1) is 0 Å². The molecule has 5 rings (SSSR count). The van der Waals surface area contributed by atoms with E-state index in [4.69, 9.17) is 18.7 Å². The van der Waals surface area contributed by atoms with E-state index in [1.165, 1.54) is 10.8 Å². The molecule has 0 amide bonds. The number of ketones is 1. The van der Waals surface area contributed by atoms with E-state index in [-0.39, 0.29) is 25.5 Å². The molecule has 0 saturated carbocycles. The lowest BCUT2D eigenvalue weighted by atomic mass is 9.74. The van der Waals surface area contributed by atoms with E-state index in [0.29, 0.717) is 28.3 Å². The van der Waals surface area contributed by atoms with Crippen molar-refractivity contribution >= 4 is 17.3 Å². The van der Waals surface area contributed by atoms with Gasteiger partial charge in [-0.1, -0.05) is 24.3 Å². The number of carbonyl (C=O) groups is 2. The molecule has 2 aromatic carbocycles. The molecule has 3 aromatic rings. The summed E-state index contributed by atoms with van der Waals surface area (Å²) in [7, 11) is 0. The Kier molecular flexibility index (Phi) is 5.29. The van der Waals surface area contributed by atoms with E-state index in [1.807, 2.05) is 6.07 Å². The molecule has 1 aromatic heterocycles. The number of benzene rings is 2. The average Bonchev–Trinajstić information content (AvgIpc) is 3.45. The third-order valence-electron chi connectivity index (χ3n) is 5.75. The van der Waals surface area contributed by atoms with E-state index in [0.717, 1.165) is 0 Å². The van der Waals surface area contributed by atoms with Crippen LogP contribution in [0, 0.1) is 5.92 Å². The maximum Gasteiger partial charge on any atom is 0.317 e. The lowest BCUT2D eigenvalue weighted by Crippen LogP contribution is -2.39. The number of nitrogens with zero attached hydrogens (tertiary/aromatic N) is 2. The van der Waals surface area contributed by atoms with Crippen LogP contribution in [-0.2, 0) is 14.3 Å². The van der Waals surface area contributed by atoms with Gasteiger partial charge >= 0.3 is 5.97 Å². The van der Waals surface area contributed by atoms with Crippen molar-refractivity contribution in [2.75, 3.05) is 13.4 Å². The minimum Gasteiger partial charge on any atom is -0.539 e. The van der Waals surface area contributed by atoms with Crippen LogP contribution in [0.5, 0.6) is 17.4 Å². The summed E-state index contributed by atoms with van der Waals surface area (Å²) in [5.41, 5.74) is 1.88. The monoisotopic (exact) mass is 448 g/mol. The molecule has 33 heavy (non-hydrogen) atoms. The Labute approximate surface area is 188 Å². The number of carbonyl (C=O) groups excluding carboxylic acids is 2. The van der Waals surface area contributed by atoms with Crippen molar-refractivity contribution in [1.82, 2.24) is 5.27 Å². The average molecular weight is 448 g/mol. The first-order valence-corrected chi connectivity index (χ1v) is 10.5. The Morgan fingerprint density at radius 2 is 1.97 bits per heavy atom. The summed E-state index contributed by atoms with van der Waals surface area (Å²) in [5, 5.41) is 16.5. The van der Waals surface area contributed by atoms with E-state index < -0.39 is 29.5 Å². The molecule has 0 bridgehead atoms. The molecular formula is C24H20N2O7. The van der Waals surface area contributed by atoms with E-state index in [1.54, 1.807) is 49.4 Å². The molecule has 0 spiro atoms. The Bertz CT molecular complexity index is 1250. The van der Waals surface area contributed by atoms with Gasteiger partial charge in [-0.25, -0.2) is 0 Å². The largest absolute Gasteiger partial charge is 0.539 e. The van der Waals surface area contributed by atoms with Crippen molar-refractivity contribution in [3.05, 3.63) is 65.9 Å². The Morgan fingerprint density at radius 3 is 2.76 bits per heavy atom. The number of esters is 1. The predicted molar refractivity (Wildman–Crippen MR) is 111 cm³/mol. The van der Waals surface area contributed by atoms with Crippen molar-refractivity contribution < 1.29 is 38.1 Å². The Balaban J connectivity index is 1.59. The van der Waals surface area contributed by atoms with Gasteiger partial charge in [0.2, 0.25) is 12.5 Å². The predicted octanol–water partition coefficient (Wildman–Crippen LogP) is 2.07. The number of allylic oxidation sites excluding steroid dienone is 2. The molecule has 0 N–H and O–H groups in total. The van der Waals surface area contributed by atoms with Gasteiger partial charge in [-0.2, -0.15) is 0 Å². The van der Waals surface area contributed by atoms with Gasteiger partial charge in [0.25, 0.3) is 5.69 Å². The summed E-state index contributed by atoms with van der Waals surface area (Å²) in [6, 6.07) is 14.3. The highest BCUT2D eigenvalue weighted by atomic mass is 16.7. The lowest BCUT2D eigenvalue weighted by molar-refractivity contribution is -0.672. The highest BCUT2D eigenvalue weighted by Gasteiger charge is 2.42. The summed E-state index contributed by atoms with van der Waals surface area (Å²) in [5.74, 6) is -2.23. The van der Waals surface area contributed by atoms with Crippen molar-refractivity contribution in [3.8, 4) is 23.1 Å². The van der Waals surface area contributed by atoms with Crippen LogP contribution in [0.15, 0.2) is 59.1 Å². The molecule has 9 nitrogen and oxygen atoms in total. The Morgan fingerprint density at radius 1 is 1.18 bits per heavy atom. The zero-order valence-corrected chi connectivity index (χ0v) is 17.7. The zero-order valence-electron chi connectivity index (χ0n) is 17.7. The summed E-state index contributed by atoms with van der Waals surface area (Å²) in [6.45, 7) is 1.94. The third-order valence-corrected chi connectivity index (χ3v) is 5.75. The number of hydrogen-bond donors (Lipinski definition) is 0. The topological polar surface area (TPSA) is 115 Å². The van der Waals surface area contributed by atoms with Crippen molar-refractivity contribution in [2.24, 2.45) is 5.92 Å². The van der Waals surface area contributed by atoms with Gasteiger partial charge in [0.05, 0.1) is 11.9 Å². The first kappa shape index (κ1) is 20.7. The molecule has 168 valence electrons. The van der Waals surface area contributed by atoms with Crippen LogP contribution in [0.1, 0.15) is 30.5 Å². The van der Waals surface area contributed by atoms with Gasteiger partial charge in [0.1, 0.15) is 5.92 Å². The summed E-state index contributed by atoms with van der Waals surface area (Å²) in [6.07, 6.45) is 1.54. The number of para-hydroxylation sites is 1. The zero-order chi connectivity index (χ0) is 22.9. The number of fused-ring (bicyclic) bond motifs is 1. The van der Waals surface area contributed by atoms with E-state index >= 15 is 0 Å². The van der Waals surface area contributed by atoms with E-state index in [2.05, 4.69) is 5.27 Å². The number of rotatable bonds is 5. The number of ether oxygens (including phenoxy) is 3. The van der Waals surface area contributed by atoms with Crippen LogP contribution in [0.2, 0.25) is 0 Å². The van der Waals surface area contributed by atoms with E-state index in [9.17, 15) is 14.7 Å². The molecule has 2 heterocycles. The van der Waals surface area contributed by atoms with Crippen molar-refractivity contribution in [3.63, 3.8) is 0 Å². The lowest BCUT2D eigenvalue weighted by Gasteiger charge is -2.28.